The molecule has 2 amide bonds. The number of fused-ring (bicyclic) bond motifs is 1. The van der Waals surface area contributed by atoms with Crippen LogP contribution in [0.2, 0.25) is 0 Å². The van der Waals surface area contributed by atoms with Crippen LogP contribution in [0.3, 0.4) is 0 Å². The Morgan fingerprint density at radius 3 is 2.50 bits per heavy atom. The van der Waals surface area contributed by atoms with Gasteiger partial charge in [-0.2, -0.15) is 0 Å². The molecular weight excluding hydrogens is 352 g/mol. The Morgan fingerprint density at radius 2 is 1.86 bits per heavy atom. The normalized spacial score (nSPS) is 36.3. The zero-order chi connectivity index (χ0) is 19.5. The molecule has 4 bridgehead atoms. The number of anilines is 1. The van der Waals surface area contributed by atoms with E-state index in [4.69, 9.17) is 4.74 Å². The van der Waals surface area contributed by atoms with E-state index in [1.165, 1.54) is 38.5 Å². The third-order valence-corrected chi connectivity index (χ3v) is 7.71. The first-order valence-electron chi connectivity index (χ1n) is 10.8. The fourth-order valence-electron chi connectivity index (χ4n) is 6.73. The average Bonchev–Trinajstić information content (AvgIpc) is 2.61. The van der Waals surface area contributed by atoms with Gasteiger partial charge in [0.25, 0.3) is 5.91 Å². The molecule has 0 unspecified atom stereocenters. The van der Waals surface area contributed by atoms with Gasteiger partial charge in [-0.1, -0.05) is 6.07 Å². The van der Waals surface area contributed by atoms with Crippen LogP contribution in [-0.4, -0.2) is 24.0 Å². The monoisotopic (exact) mass is 382 g/mol. The fourth-order valence-corrected chi connectivity index (χ4v) is 6.73. The predicted octanol–water partition coefficient (Wildman–Crippen LogP) is 3.81. The number of hydrogen-bond acceptors (Lipinski definition) is 3. The van der Waals surface area contributed by atoms with Gasteiger partial charge in [0.05, 0.1) is 12.1 Å². The Labute approximate surface area is 166 Å². The number of carbonyl (C=O) groups excluding carboxylic acids is 2. The summed E-state index contributed by atoms with van der Waals surface area (Å²) in [5.74, 6) is 2.89. The van der Waals surface area contributed by atoms with E-state index >= 15 is 0 Å². The minimum Gasteiger partial charge on any atom is -0.478 e. The topological polar surface area (TPSA) is 67.4 Å². The third kappa shape index (κ3) is 3.09. The highest BCUT2D eigenvalue weighted by Gasteiger charge is 2.53. The maximum absolute atomic E-state index is 12.8. The molecule has 2 atom stereocenters. The van der Waals surface area contributed by atoms with Gasteiger partial charge in [-0.05, 0) is 93.2 Å². The standard InChI is InChI=1S/C23H30N2O3/c1-13-3-4-19-18(5-13)25-22(27)20(28-19)9-21(26)24-14(2)23-10-15-6-16(11-23)8-17(7-15)12-23/h3-5,14-17,20H,6-12H2,1-2H3,(H,24,26)(H,25,27)/t14-,15?,16?,17?,20-,23?/m0/s1. The van der Waals surface area contributed by atoms with Gasteiger partial charge in [0.15, 0.2) is 6.10 Å². The van der Waals surface area contributed by atoms with E-state index in [-0.39, 0.29) is 29.7 Å². The second kappa shape index (κ2) is 6.50. The third-order valence-electron chi connectivity index (χ3n) is 7.71. The molecule has 1 aliphatic heterocycles. The Morgan fingerprint density at radius 1 is 1.21 bits per heavy atom. The molecule has 0 aromatic heterocycles. The van der Waals surface area contributed by atoms with Gasteiger partial charge in [0, 0.05) is 6.04 Å². The van der Waals surface area contributed by atoms with E-state index in [1.54, 1.807) is 0 Å². The first-order valence-corrected chi connectivity index (χ1v) is 10.8. The van der Waals surface area contributed by atoms with Gasteiger partial charge in [0.1, 0.15) is 5.75 Å². The van der Waals surface area contributed by atoms with Crippen LogP contribution in [0.1, 0.15) is 57.4 Å². The van der Waals surface area contributed by atoms with Gasteiger partial charge in [-0.25, -0.2) is 0 Å². The van der Waals surface area contributed by atoms with Crippen molar-refractivity contribution in [3.05, 3.63) is 23.8 Å². The Kier molecular flexibility index (Phi) is 4.18. The number of aryl methyl sites for hydroxylation is 1. The zero-order valence-electron chi connectivity index (χ0n) is 16.8. The first kappa shape index (κ1) is 18.0. The van der Waals surface area contributed by atoms with Gasteiger partial charge in [-0.15, -0.1) is 0 Å². The highest BCUT2D eigenvalue weighted by Crippen LogP contribution is 2.61. The molecule has 0 radical (unpaired) electrons. The Hall–Kier alpha value is -2.04. The second-order valence-electron chi connectivity index (χ2n) is 9.87. The molecule has 6 rings (SSSR count). The molecule has 1 aromatic rings. The molecular formula is C23H30N2O3. The molecule has 4 fully saturated rings. The lowest BCUT2D eigenvalue weighted by molar-refractivity contribution is -0.133. The molecule has 0 spiro atoms. The summed E-state index contributed by atoms with van der Waals surface area (Å²) in [4.78, 5) is 25.2. The van der Waals surface area contributed by atoms with Crippen LogP contribution in [-0.2, 0) is 9.59 Å². The molecule has 5 heteroatoms. The van der Waals surface area contributed by atoms with Gasteiger partial charge in [-0.3, -0.25) is 9.59 Å². The number of benzene rings is 1. The molecule has 1 aromatic carbocycles. The van der Waals surface area contributed by atoms with E-state index in [1.807, 2.05) is 25.1 Å². The lowest BCUT2D eigenvalue weighted by Gasteiger charge is -2.59. The summed E-state index contributed by atoms with van der Waals surface area (Å²) in [7, 11) is 0. The van der Waals surface area contributed by atoms with Crippen molar-refractivity contribution in [3.63, 3.8) is 0 Å². The van der Waals surface area contributed by atoms with Crippen LogP contribution in [0.15, 0.2) is 18.2 Å². The summed E-state index contributed by atoms with van der Waals surface area (Å²) in [6.07, 6.45) is 7.27. The number of ether oxygens (including phenoxy) is 1. The molecule has 150 valence electrons. The highest BCUT2D eigenvalue weighted by atomic mass is 16.5. The summed E-state index contributed by atoms with van der Waals surface area (Å²) in [5, 5.41) is 6.11. The molecule has 5 nitrogen and oxygen atoms in total. The number of nitrogens with one attached hydrogen (secondary N) is 2. The summed E-state index contributed by atoms with van der Waals surface area (Å²) >= 11 is 0. The second-order valence-corrected chi connectivity index (χ2v) is 9.87. The zero-order valence-corrected chi connectivity index (χ0v) is 16.8. The molecule has 4 saturated carbocycles. The lowest BCUT2D eigenvalue weighted by Crippen LogP contribution is -2.56. The number of amides is 2. The quantitative estimate of drug-likeness (QED) is 0.832. The van der Waals surface area contributed by atoms with Crippen molar-refractivity contribution in [1.29, 1.82) is 0 Å². The van der Waals surface area contributed by atoms with Crippen molar-refractivity contribution in [2.45, 2.75) is 70.9 Å². The Balaban J connectivity index is 1.23. The highest BCUT2D eigenvalue weighted by molar-refractivity contribution is 6.00. The molecule has 5 aliphatic rings. The summed E-state index contributed by atoms with van der Waals surface area (Å²) in [5.41, 5.74) is 2.01. The SMILES string of the molecule is Cc1ccc2c(c1)NC(=O)[C@H](CC(=O)N[C@@H](C)C13CC4CC(CC(C4)C1)C3)O2. The molecule has 1 heterocycles. The van der Waals surface area contributed by atoms with E-state index in [2.05, 4.69) is 17.6 Å². The largest absolute Gasteiger partial charge is 0.478 e. The van der Waals surface area contributed by atoms with Crippen LogP contribution in [0, 0.1) is 30.1 Å². The molecule has 28 heavy (non-hydrogen) atoms. The van der Waals surface area contributed by atoms with Crippen LogP contribution >= 0.6 is 0 Å². The van der Waals surface area contributed by atoms with Crippen molar-refractivity contribution in [3.8, 4) is 5.75 Å². The van der Waals surface area contributed by atoms with Gasteiger partial charge in [0.2, 0.25) is 5.91 Å². The number of carbonyl (C=O) groups is 2. The molecule has 0 saturated heterocycles. The number of hydrogen-bond donors (Lipinski definition) is 2. The minimum atomic E-state index is -0.765. The van der Waals surface area contributed by atoms with E-state index in [9.17, 15) is 9.59 Å². The smallest absolute Gasteiger partial charge is 0.266 e. The van der Waals surface area contributed by atoms with E-state index < -0.39 is 6.10 Å². The average molecular weight is 383 g/mol. The van der Waals surface area contributed by atoms with Crippen molar-refractivity contribution >= 4 is 17.5 Å². The summed E-state index contributed by atoms with van der Waals surface area (Å²) in [6, 6.07) is 5.85. The summed E-state index contributed by atoms with van der Waals surface area (Å²) < 4.78 is 5.83. The van der Waals surface area contributed by atoms with Gasteiger partial charge >= 0.3 is 0 Å². The molecule has 4 aliphatic carbocycles. The van der Waals surface area contributed by atoms with Crippen molar-refractivity contribution in [1.82, 2.24) is 5.32 Å². The lowest BCUT2D eigenvalue weighted by atomic mass is 9.48. The maximum Gasteiger partial charge on any atom is 0.266 e. The van der Waals surface area contributed by atoms with Crippen molar-refractivity contribution in [2.24, 2.45) is 23.2 Å². The van der Waals surface area contributed by atoms with Crippen LogP contribution < -0.4 is 15.4 Å². The maximum atomic E-state index is 12.8. The predicted molar refractivity (Wildman–Crippen MR) is 107 cm³/mol. The number of rotatable bonds is 4. The fraction of sp³-hybridized carbons (Fsp3) is 0.652. The van der Waals surface area contributed by atoms with Crippen LogP contribution in [0.5, 0.6) is 5.75 Å². The van der Waals surface area contributed by atoms with Crippen LogP contribution in [0.25, 0.3) is 0 Å². The van der Waals surface area contributed by atoms with E-state index in [0.29, 0.717) is 11.4 Å². The van der Waals surface area contributed by atoms with E-state index in [0.717, 1.165) is 23.3 Å². The summed E-state index contributed by atoms with van der Waals surface area (Å²) in [6.45, 7) is 4.14. The van der Waals surface area contributed by atoms with Gasteiger partial charge < -0.3 is 15.4 Å². The first-order chi connectivity index (χ1) is 13.4. The molecule has 2 N–H and O–H groups in total. The van der Waals surface area contributed by atoms with Crippen molar-refractivity contribution in [2.75, 3.05) is 5.32 Å². The minimum absolute atomic E-state index is 0.0653. The Bertz CT molecular complexity index is 783. The van der Waals surface area contributed by atoms with Crippen molar-refractivity contribution < 1.29 is 14.3 Å². The van der Waals surface area contributed by atoms with Crippen LogP contribution in [0.4, 0.5) is 5.69 Å².